The molecule has 33 heavy (non-hydrogen) atoms. The number of phenols is 2. The first-order valence-corrected chi connectivity index (χ1v) is 11.2. The SMILES string of the molecule is CC(C)(C)c1cc2cc(NC(=O)C3(c4ccc(O)c(O)c4)CC3)ccc2n1CC(N)CC#N. The highest BCUT2D eigenvalue weighted by Crippen LogP contribution is 2.50. The van der Waals surface area contributed by atoms with Crippen LogP contribution in [-0.4, -0.2) is 26.7 Å². The second-order valence-electron chi connectivity index (χ2n) is 10.0. The van der Waals surface area contributed by atoms with E-state index in [0.717, 1.165) is 16.6 Å². The van der Waals surface area contributed by atoms with E-state index in [4.69, 9.17) is 11.0 Å². The molecule has 172 valence electrons. The minimum absolute atomic E-state index is 0.117. The number of hydrogen-bond acceptors (Lipinski definition) is 5. The molecule has 4 rings (SSSR count). The second kappa shape index (κ2) is 8.13. The van der Waals surface area contributed by atoms with Crippen molar-refractivity contribution < 1.29 is 15.0 Å². The zero-order chi connectivity index (χ0) is 24.0. The Kier molecular flexibility index (Phi) is 5.59. The van der Waals surface area contributed by atoms with Crippen molar-refractivity contribution in [2.75, 3.05) is 5.32 Å². The quantitative estimate of drug-likeness (QED) is 0.421. The number of hydrogen-bond donors (Lipinski definition) is 4. The van der Waals surface area contributed by atoms with E-state index in [1.807, 2.05) is 18.2 Å². The summed E-state index contributed by atoms with van der Waals surface area (Å²) in [6.07, 6.45) is 1.66. The van der Waals surface area contributed by atoms with Crippen LogP contribution in [0.1, 0.15) is 51.3 Å². The van der Waals surface area contributed by atoms with Gasteiger partial charge >= 0.3 is 0 Å². The molecule has 3 aromatic rings. The number of fused-ring (bicyclic) bond motifs is 1. The minimum atomic E-state index is -0.688. The summed E-state index contributed by atoms with van der Waals surface area (Å²) < 4.78 is 2.17. The van der Waals surface area contributed by atoms with Crippen LogP contribution in [-0.2, 0) is 22.2 Å². The number of aromatic nitrogens is 1. The van der Waals surface area contributed by atoms with Crippen molar-refractivity contribution in [3.05, 3.63) is 53.7 Å². The summed E-state index contributed by atoms with van der Waals surface area (Å²) in [5, 5.41) is 32.5. The van der Waals surface area contributed by atoms with E-state index in [1.54, 1.807) is 6.07 Å². The molecular weight excluding hydrogens is 416 g/mol. The van der Waals surface area contributed by atoms with Crippen molar-refractivity contribution in [3.8, 4) is 17.6 Å². The maximum absolute atomic E-state index is 13.2. The van der Waals surface area contributed by atoms with Crippen LogP contribution >= 0.6 is 0 Å². The Morgan fingerprint density at radius 2 is 1.91 bits per heavy atom. The van der Waals surface area contributed by atoms with E-state index in [-0.39, 0.29) is 35.3 Å². The van der Waals surface area contributed by atoms with Crippen molar-refractivity contribution in [2.45, 2.75) is 63.5 Å². The van der Waals surface area contributed by atoms with E-state index in [2.05, 4.69) is 42.8 Å². The molecule has 1 unspecified atom stereocenters. The Labute approximate surface area is 193 Å². The van der Waals surface area contributed by atoms with Gasteiger partial charge < -0.3 is 25.8 Å². The molecule has 0 aliphatic heterocycles. The minimum Gasteiger partial charge on any atom is -0.504 e. The highest BCUT2D eigenvalue weighted by Gasteiger charge is 2.51. The highest BCUT2D eigenvalue weighted by atomic mass is 16.3. The summed E-state index contributed by atoms with van der Waals surface area (Å²) in [6, 6.07) is 14.4. The summed E-state index contributed by atoms with van der Waals surface area (Å²) in [6.45, 7) is 6.96. The number of nitrogens with one attached hydrogen (secondary N) is 1. The lowest BCUT2D eigenvalue weighted by molar-refractivity contribution is -0.118. The normalized spacial score (nSPS) is 15.7. The molecule has 1 heterocycles. The number of phenolic OH excluding ortho intramolecular Hbond substituents is 2. The fraction of sp³-hybridized carbons (Fsp3) is 0.385. The smallest absolute Gasteiger partial charge is 0.235 e. The number of nitrogens with two attached hydrogens (primary N) is 1. The second-order valence-corrected chi connectivity index (χ2v) is 10.0. The predicted octanol–water partition coefficient (Wildman–Crippen LogP) is 4.26. The van der Waals surface area contributed by atoms with Crippen LogP contribution in [0.5, 0.6) is 11.5 Å². The van der Waals surface area contributed by atoms with Crippen molar-refractivity contribution in [2.24, 2.45) is 5.73 Å². The topological polar surface area (TPSA) is 124 Å². The number of anilines is 1. The average molecular weight is 447 g/mol. The fourth-order valence-corrected chi connectivity index (χ4v) is 4.43. The van der Waals surface area contributed by atoms with Crippen LogP contribution < -0.4 is 11.1 Å². The monoisotopic (exact) mass is 446 g/mol. The Hall–Kier alpha value is -3.50. The summed E-state index contributed by atoms with van der Waals surface area (Å²) in [4.78, 5) is 13.2. The maximum Gasteiger partial charge on any atom is 0.235 e. The Morgan fingerprint density at radius 3 is 2.52 bits per heavy atom. The van der Waals surface area contributed by atoms with Gasteiger partial charge in [0.1, 0.15) is 0 Å². The molecular formula is C26H30N4O3. The van der Waals surface area contributed by atoms with E-state index in [9.17, 15) is 15.0 Å². The molecule has 0 spiro atoms. The number of nitrogens with zero attached hydrogens (tertiary/aromatic N) is 2. The van der Waals surface area contributed by atoms with Crippen LogP contribution in [0.25, 0.3) is 10.9 Å². The molecule has 1 fully saturated rings. The van der Waals surface area contributed by atoms with Crippen LogP contribution in [0.3, 0.4) is 0 Å². The third kappa shape index (κ3) is 4.27. The number of carbonyl (C=O) groups excluding carboxylic acids is 1. The Bertz CT molecular complexity index is 1260. The van der Waals surface area contributed by atoms with Gasteiger partial charge in [0.15, 0.2) is 11.5 Å². The van der Waals surface area contributed by atoms with Gasteiger partial charge in [0.2, 0.25) is 5.91 Å². The van der Waals surface area contributed by atoms with Gasteiger partial charge in [-0.25, -0.2) is 0 Å². The zero-order valence-corrected chi connectivity index (χ0v) is 19.2. The molecule has 5 N–H and O–H groups in total. The molecule has 0 bridgehead atoms. The molecule has 7 heteroatoms. The van der Waals surface area contributed by atoms with Crippen LogP contribution in [0, 0.1) is 11.3 Å². The zero-order valence-electron chi connectivity index (χ0n) is 19.2. The average Bonchev–Trinajstić information content (AvgIpc) is 3.47. The van der Waals surface area contributed by atoms with Crippen molar-refractivity contribution in [1.29, 1.82) is 5.26 Å². The van der Waals surface area contributed by atoms with E-state index < -0.39 is 5.41 Å². The maximum atomic E-state index is 13.2. The lowest BCUT2D eigenvalue weighted by Gasteiger charge is -2.23. The number of aromatic hydroxyl groups is 2. The molecule has 1 aliphatic rings. The lowest BCUT2D eigenvalue weighted by Crippen LogP contribution is -2.28. The summed E-state index contributed by atoms with van der Waals surface area (Å²) >= 11 is 0. The molecule has 1 saturated carbocycles. The number of benzene rings is 2. The first-order valence-electron chi connectivity index (χ1n) is 11.2. The largest absolute Gasteiger partial charge is 0.504 e. The van der Waals surface area contributed by atoms with Crippen LogP contribution in [0.2, 0.25) is 0 Å². The summed E-state index contributed by atoms with van der Waals surface area (Å²) in [7, 11) is 0. The summed E-state index contributed by atoms with van der Waals surface area (Å²) in [5.41, 5.74) is 8.89. The van der Waals surface area contributed by atoms with Gasteiger partial charge in [-0.15, -0.1) is 0 Å². The Morgan fingerprint density at radius 1 is 1.18 bits per heavy atom. The highest BCUT2D eigenvalue weighted by molar-refractivity contribution is 6.02. The van der Waals surface area contributed by atoms with Crippen molar-refractivity contribution in [1.82, 2.24) is 4.57 Å². The molecule has 1 aliphatic carbocycles. The van der Waals surface area contributed by atoms with Gasteiger partial charge in [0.05, 0.1) is 17.9 Å². The fourth-order valence-electron chi connectivity index (χ4n) is 4.43. The van der Waals surface area contributed by atoms with Crippen LogP contribution in [0.15, 0.2) is 42.5 Å². The van der Waals surface area contributed by atoms with Gasteiger partial charge in [-0.05, 0) is 54.8 Å². The van der Waals surface area contributed by atoms with Gasteiger partial charge in [0, 0.05) is 40.3 Å². The molecule has 1 aromatic heterocycles. The van der Waals surface area contributed by atoms with E-state index in [1.165, 1.54) is 12.1 Å². The van der Waals surface area contributed by atoms with Crippen molar-refractivity contribution in [3.63, 3.8) is 0 Å². The number of carbonyl (C=O) groups is 1. The number of amides is 1. The first-order chi connectivity index (χ1) is 15.5. The molecule has 7 nitrogen and oxygen atoms in total. The third-order valence-electron chi connectivity index (χ3n) is 6.41. The Balaban J connectivity index is 1.64. The van der Waals surface area contributed by atoms with Gasteiger partial charge in [0.25, 0.3) is 0 Å². The van der Waals surface area contributed by atoms with Crippen molar-refractivity contribution >= 4 is 22.5 Å². The number of nitriles is 1. The molecule has 0 saturated heterocycles. The summed E-state index contributed by atoms with van der Waals surface area (Å²) in [5.74, 6) is -0.550. The molecule has 0 radical (unpaired) electrons. The first kappa shape index (κ1) is 22.7. The molecule has 2 aromatic carbocycles. The third-order valence-corrected chi connectivity index (χ3v) is 6.41. The lowest BCUT2D eigenvalue weighted by atomic mass is 9.92. The number of rotatable bonds is 6. The molecule has 1 amide bonds. The molecule has 1 atom stereocenters. The van der Waals surface area contributed by atoms with Gasteiger partial charge in [-0.3, -0.25) is 4.79 Å². The van der Waals surface area contributed by atoms with Crippen LogP contribution in [0.4, 0.5) is 5.69 Å². The standard InChI is InChI=1S/C26H30N4O3/c1-25(2,3)23-13-16-12-19(5-6-20(16)30(23)15-18(28)8-11-27)29-24(33)26(9-10-26)17-4-7-21(31)22(32)14-17/h4-7,12-14,18,31-32H,8-10,15,28H2,1-3H3,(H,29,33). The van der Waals surface area contributed by atoms with Gasteiger partial charge in [-0.2, -0.15) is 5.26 Å². The van der Waals surface area contributed by atoms with Gasteiger partial charge in [-0.1, -0.05) is 26.8 Å². The van der Waals surface area contributed by atoms with E-state index >= 15 is 0 Å². The predicted molar refractivity (Wildman–Crippen MR) is 128 cm³/mol. The van der Waals surface area contributed by atoms with E-state index in [0.29, 0.717) is 30.6 Å².